The summed E-state index contributed by atoms with van der Waals surface area (Å²) in [6.07, 6.45) is 0. The third-order valence-electron chi connectivity index (χ3n) is 5.59. The molecular formula is C23H28ClFN4O2. The van der Waals surface area contributed by atoms with Gasteiger partial charge in [-0.05, 0) is 37.7 Å². The van der Waals surface area contributed by atoms with Crippen LogP contribution in [0.4, 0.5) is 10.1 Å². The molecule has 1 N–H and O–H groups in total. The molecule has 2 aromatic rings. The minimum atomic E-state index is -0.551. The molecule has 1 heterocycles. The van der Waals surface area contributed by atoms with E-state index < -0.39 is 11.9 Å². The number of nitrogens with one attached hydrogen (secondary N) is 1. The van der Waals surface area contributed by atoms with E-state index in [-0.39, 0.29) is 23.4 Å². The molecule has 0 spiro atoms. The second-order valence-electron chi connectivity index (χ2n) is 7.85. The van der Waals surface area contributed by atoms with Gasteiger partial charge in [-0.3, -0.25) is 19.4 Å². The molecule has 0 unspecified atom stereocenters. The smallest absolute Gasteiger partial charge is 0.241 e. The summed E-state index contributed by atoms with van der Waals surface area (Å²) in [4.78, 5) is 31.1. The Kier molecular flexibility index (Phi) is 8.01. The number of anilines is 1. The standard InChI is InChI=1S/C23H28ClFN4O2/c1-17(23(31)26-21-9-8-19(25)14-20(21)24)27(2)16-22(30)29-12-10-28(11-13-29)15-18-6-4-3-5-7-18/h3-9,14,17H,10-13,15-16H2,1-2H3,(H,26,31)/t17-/m1/s1. The van der Waals surface area contributed by atoms with E-state index in [2.05, 4.69) is 22.3 Å². The van der Waals surface area contributed by atoms with E-state index in [4.69, 9.17) is 11.6 Å². The summed E-state index contributed by atoms with van der Waals surface area (Å²) < 4.78 is 13.2. The van der Waals surface area contributed by atoms with Crippen LogP contribution >= 0.6 is 11.6 Å². The van der Waals surface area contributed by atoms with E-state index in [9.17, 15) is 14.0 Å². The maximum absolute atomic E-state index is 13.2. The van der Waals surface area contributed by atoms with Gasteiger partial charge in [0.25, 0.3) is 0 Å². The molecule has 6 nitrogen and oxygen atoms in total. The molecule has 0 bridgehead atoms. The summed E-state index contributed by atoms with van der Waals surface area (Å²) in [6.45, 7) is 5.73. The molecule has 166 valence electrons. The molecule has 2 amide bonds. The number of nitrogens with zero attached hydrogens (tertiary/aromatic N) is 3. The Bertz CT molecular complexity index is 904. The van der Waals surface area contributed by atoms with Crippen molar-refractivity contribution >= 4 is 29.1 Å². The average molecular weight is 447 g/mol. The predicted molar refractivity (Wildman–Crippen MR) is 120 cm³/mol. The highest BCUT2D eigenvalue weighted by Crippen LogP contribution is 2.22. The molecule has 0 saturated carbocycles. The van der Waals surface area contributed by atoms with Gasteiger partial charge in [0.1, 0.15) is 5.82 Å². The summed E-state index contributed by atoms with van der Waals surface area (Å²) >= 11 is 5.97. The van der Waals surface area contributed by atoms with Crippen molar-refractivity contribution in [2.45, 2.75) is 19.5 Å². The molecule has 0 aromatic heterocycles. The Labute approximate surface area is 187 Å². The quantitative estimate of drug-likeness (QED) is 0.710. The largest absolute Gasteiger partial charge is 0.339 e. The van der Waals surface area contributed by atoms with E-state index in [1.54, 1.807) is 18.9 Å². The van der Waals surface area contributed by atoms with E-state index >= 15 is 0 Å². The first-order valence-electron chi connectivity index (χ1n) is 10.3. The number of benzene rings is 2. The Balaban J connectivity index is 1.45. The molecule has 0 aliphatic carbocycles. The number of piperazine rings is 1. The topological polar surface area (TPSA) is 55.9 Å². The van der Waals surface area contributed by atoms with Crippen LogP contribution in [0.2, 0.25) is 5.02 Å². The Morgan fingerprint density at radius 3 is 2.45 bits per heavy atom. The Morgan fingerprint density at radius 2 is 1.81 bits per heavy atom. The van der Waals surface area contributed by atoms with Crippen molar-refractivity contribution in [1.29, 1.82) is 0 Å². The summed E-state index contributed by atoms with van der Waals surface area (Å²) in [7, 11) is 1.74. The van der Waals surface area contributed by atoms with E-state index in [0.717, 1.165) is 25.7 Å². The first kappa shape index (κ1) is 23.2. The molecule has 8 heteroatoms. The van der Waals surface area contributed by atoms with Crippen LogP contribution in [0.15, 0.2) is 48.5 Å². The molecule has 2 aromatic carbocycles. The summed E-state index contributed by atoms with van der Waals surface area (Å²) in [5, 5.41) is 2.82. The molecular weight excluding hydrogens is 419 g/mol. The normalized spacial score (nSPS) is 15.7. The number of likely N-dealkylation sites (N-methyl/N-ethyl adjacent to an activating group) is 1. The predicted octanol–water partition coefficient (Wildman–Crippen LogP) is 3.08. The van der Waals surface area contributed by atoms with Gasteiger partial charge >= 0.3 is 0 Å². The summed E-state index contributed by atoms with van der Waals surface area (Å²) in [5.41, 5.74) is 1.61. The molecule has 1 aliphatic rings. The first-order valence-corrected chi connectivity index (χ1v) is 10.7. The van der Waals surface area contributed by atoms with Crippen molar-refractivity contribution in [3.05, 3.63) is 64.9 Å². The fourth-order valence-electron chi connectivity index (χ4n) is 3.48. The SMILES string of the molecule is C[C@H](C(=O)Nc1ccc(F)cc1Cl)N(C)CC(=O)N1CCN(Cc2ccccc2)CC1. The van der Waals surface area contributed by atoms with Gasteiger partial charge in [-0.15, -0.1) is 0 Å². The Hall–Kier alpha value is -2.48. The lowest BCUT2D eigenvalue weighted by molar-refractivity contribution is -0.135. The Morgan fingerprint density at radius 1 is 1.13 bits per heavy atom. The number of hydrogen-bond acceptors (Lipinski definition) is 4. The third kappa shape index (κ3) is 6.50. The van der Waals surface area contributed by atoms with Gasteiger partial charge in [0.2, 0.25) is 11.8 Å². The molecule has 31 heavy (non-hydrogen) atoms. The van der Waals surface area contributed by atoms with Gasteiger partial charge in [0.05, 0.1) is 23.3 Å². The van der Waals surface area contributed by atoms with Gasteiger partial charge < -0.3 is 10.2 Å². The van der Waals surface area contributed by atoms with Crippen LogP contribution in [0.1, 0.15) is 12.5 Å². The number of halogens is 2. The molecule has 1 saturated heterocycles. The minimum Gasteiger partial charge on any atom is -0.339 e. The maximum Gasteiger partial charge on any atom is 0.241 e. The van der Waals surface area contributed by atoms with E-state index in [1.807, 2.05) is 23.1 Å². The van der Waals surface area contributed by atoms with Gasteiger partial charge in [-0.1, -0.05) is 41.9 Å². The van der Waals surface area contributed by atoms with Gasteiger partial charge in [0.15, 0.2) is 0 Å². The fourth-order valence-corrected chi connectivity index (χ4v) is 3.69. The zero-order chi connectivity index (χ0) is 22.4. The van der Waals surface area contributed by atoms with Crippen LogP contribution in [0.3, 0.4) is 0 Å². The lowest BCUT2D eigenvalue weighted by Crippen LogP contribution is -2.52. The summed E-state index contributed by atoms with van der Waals surface area (Å²) in [6, 6.07) is 13.5. The summed E-state index contributed by atoms with van der Waals surface area (Å²) in [5.74, 6) is -0.777. The zero-order valence-electron chi connectivity index (χ0n) is 17.9. The van der Waals surface area contributed by atoms with Gasteiger partial charge in [-0.2, -0.15) is 0 Å². The number of hydrogen-bond donors (Lipinski definition) is 1. The third-order valence-corrected chi connectivity index (χ3v) is 5.90. The number of carbonyl (C=O) groups is 2. The van der Waals surface area contributed by atoms with Gasteiger partial charge in [-0.25, -0.2) is 4.39 Å². The second-order valence-corrected chi connectivity index (χ2v) is 8.25. The monoisotopic (exact) mass is 446 g/mol. The minimum absolute atomic E-state index is 0.00123. The van der Waals surface area contributed by atoms with Crippen LogP contribution in [0, 0.1) is 5.82 Å². The van der Waals surface area contributed by atoms with Crippen LogP contribution < -0.4 is 5.32 Å². The van der Waals surface area contributed by atoms with Crippen molar-refractivity contribution in [3.63, 3.8) is 0 Å². The first-order chi connectivity index (χ1) is 14.8. The van der Waals surface area contributed by atoms with Crippen molar-refractivity contribution in [1.82, 2.24) is 14.7 Å². The van der Waals surface area contributed by atoms with E-state index in [1.165, 1.54) is 17.7 Å². The highest BCUT2D eigenvalue weighted by Gasteiger charge is 2.25. The molecule has 0 radical (unpaired) electrons. The second kappa shape index (κ2) is 10.7. The van der Waals surface area contributed by atoms with E-state index in [0.29, 0.717) is 18.8 Å². The maximum atomic E-state index is 13.2. The average Bonchev–Trinajstić information content (AvgIpc) is 2.76. The van der Waals surface area contributed by atoms with Crippen LogP contribution in [-0.4, -0.2) is 72.3 Å². The number of rotatable bonds is 7. The van der Waals surface area contributed by atoms with Crippen LogP contribution in [0.25, 0.3) is 0 Å². The number of amides is 2. The van der Waals surface area contributed by atoms with Crippen molar-refractivity contribution in [2.24, 2.45) is 0 Å². The lowest BCUT2D eigenvalue weighted by Gasteiger charge is -2.36. The number of carbonyl (C=O) groups excluding carboxylic acids is 2. The molecule has 1 fully saturated rings. The highest BCUT2D eigenvalue weighted by atomic mass is 35.5. The van der Waals surface area contributed by atoms with Crippen molar-refractivity contribution in [3.8, 4) is 0 Å². The molecule has 3 rings (SSSR count). The zero-order valence-corrected chi connectivity index (χ0v) is 18.6. The van der Waals surface area contributed by atoms with Crippen LogP contribution in [0.5, 0.6) is 0 Å². The highest BCUT2D eigenvalue weighted by molar-refractivity contribution is 6.33. The fraction of sp³-hybridized carbons (Fsp3) is 0.391. The molecule has 1 atom stereocenters. The molecule has 1 aliphatic heterocycles. The lowest BCUT2D eigenvalue weighted by atomic mass is 10.2. The van der Waals surface area contributed by atoms with Gasteiger partial charge in [0, 0.05) is 32.7 Å². The van der Waals surface area contributed by atoms with Crippen LogP contribution in [-0.2, 0) is 16.1 Å². The van der Waals surface area contributed by atoms with Crippen molar-refractivity contribution < 1.29 is 14.0 Å². The van der Waals surface area contributed by atoms with Crippen molar-refractivity contribution in [2.75, 3.05) is 45.1 Å².